The van der Waals surface area contributed by atoms with E-state index in [-0.39, 0.29) is 0 Å². The SMILES string of the molecule is NCCCn1nnnc1-c1ccco1. The van der Waals surface area contributed by atoms with Gasteiger partial charge in [0.15, 0.2) is 5.76 Å². The van der Waals surface area contributed by atoms with Gasteiger partial charge in [-0.1, -0.05) is 0 Å². The van der Waals surface area contributed by atoms with Gasteiger partial charge in [0.25, 0.3) is 0 Å². The van der Waals surface area contributed by atoms with E-state index in [2.05, 4.69) is 15.5 Å². The predicted molar refractivity (Wildman–Crippen MR) is 49.2 cm³/mol. The van der Waals surface area contributed by atoms with E-state index >= 15 is 0 Å². The van der Waals surface area contributed by atoms with Gasteiger partial charge in [-0.15, -0.1) is 5.10 Å². The molecule has 6 nitrogen and oxygen atoms in total. The molecule has 0 saturated heterocycles. The maximum atomic E-state index is 5.41. The number of aromatic nitrogens is 4. The Morgan fingerprint density at radius 2 is 2.43 bits per heavy atom. The van der Waals surface area contributed by atoms with E-state index in [0.29, 0.717) is 24.7 Å². The van der Waals surface area contributed by atoms with Crippen LogP contribution in [-0.2, 0) is 6.54 Å². The summed E-state index contributed by atoms with van der Waals surface area (Å²) in [5.41, 5.74) is 5.41. The maximum Gasteiger partial charge on any atom is 0.217 e. The van der Waals surface area contributed by atoms with Gasteiger partial charge in [-0.3, -0.25) is 0 Å². The minimum atomic E-state index is 0.622. The van der Waals surface area contributed by atoms with E-state index in [1.807, 2.05) is 6.07 Å². The fourth-order valence-corrected chi connectivity index (χ4v) is 1.18. The molecule has 2 N–H and O–H groups in total. The van der Waals surface area contributed by atoms with Crippen molar-refractivity contribution in [3.63, 3.8) is 0 Å². The number of nitrogens with zero attached hydrogens (tertiary/aromatic N) is 4. The molecule has 0 saturated carbocycles. The zero-order valence-electron chi connectivity index (χ0n) is 7.63. The Bertz CT molecular complexity index is 380. The molecule has 0 aliphatic rings. The summed E-state index contributed by atoms with van der Waals surface area (Å²) in [5, 5.41) is 11.3. The molecule has 2 aromatic heterocycles. The number of furan rings is 1. The molecule has 74 valence electrons. The number of hydrogen-bond acceptors (Lipinski definition) is 5. The third-order valence-corrected chi connectivity index (χ3v) is 1.85. The van der Waals surface area contributed by atoms with Crippen molar-refractivity contribution < 1.29 is 4.42 Å². The van der Waals surface area contributed by atoms with E-state index in [0.717, 1.165) is 6.42 Å². The van der Waals surface area contributed by atoms with Crippen LogP contribution in [0.2, 0.25) is 0 Å². The third-order valence-electron chi connectivity index (χ3n) is 1.85. The summed E-state index contributed by atoms with van der Waals surface area (Å²) in [7, 11) is 0. The fraction of sp³-hybridized carbons (Fsp3) is 0.375. The monoisotopic (exact) mass is 193 g/mol. The van der Waals surface area contributed by atoms with Crippen LogP contribution in [0.25, 0.3) is 11.6 Å². The summed E-state index contributed by atoms with van der Waals surface area (Å²) >= 11 is 0. The first-order valence-electron chi connectivity index (χ1n) is 4.42. The lowest BCUT2D eigenvalue weighted by molar-refractivity contribution is 0.540. The van der Waals surface area contributed by atoms with Gasteiger partial charge in [-0.25, -0.2) is 4.68 Å². The quantitative estimate of drug-likeness (QED) is 0.754. The predicted octanol–water partition coefficient (Wildman–Crippen LogP) is 0.282. The van der Waals surface area contributed by atoms with Crippen molar-refractivity contribution in [3.05, 3.63) is 18.4 Å². The van der Waals surface area contributed by atoms with Crippen molar-refractivity contribution in [1.29, 1.82) is 0 Å². The number of hydrogen-bond donors (Lipinski definition) is 1. The van der Waals surface area contributed by atoms with Gasteiger partial charge in [-0.05, 0) is 35.5 Å². The molecular weight excluding hydrogens is 182 g/mol. The summed E-state index contributed by atoms with van der Waals surface area (Å²) in [6.45, 7) is 1.33. The second kappa shape index (κ2) is 4.01. The lowest BCUT2D eigenvalue weighted by atomic mass is 10.4. The molecule has 14 heavy (non-hydrogen) atoms. The Kier molecular flexibility index (Phi) is 2.55. The van der Waals surface area contributed by atoms with Crippen molar-refractivity contribution in [2.75, 3.05) is 6.54 Å². The van der Waals surface area contributed by atoms with Crippen molar-refractivity contribution in [3.8, 4) is 11.6 Å². The molecule has 2 heterocycles. The van der Waals surface area contributed by atoms with Gasteiger partial charge in [0, 0.05) is 6.54 Å². The van der Waals surface area contributed by atoms with Crippen LogP contribution in [0, 0.1) is 0 Å². The molecular formula is C8H11N5O. The molecule has 6 heteroatoms. The summed E-state index contributed by atoms with van der Waals surface area (Å²) in [6, 6.07) is 3.63. The maximum absolute atomic E-state index is 5.41. The average molecular weight is 193 g/mol. The Hall–Kier alpha value is -1.69. The molecule has 0 aliphatic carbocycles. The summed E-state index contributed by atoms with van der Waals surface area (Å²) in [6.07, 6.45) is 2.44. The third kappa shape index (κ3) is 1.64. The Morgan fingerprint density at radius 3 is 3.14 bits per heavy atom. The Labute approximate surface area is 80.7 Å². The Balaban J connectivity index is 2.22. The van der Waals surface area contributed by atoms with Crippen molar-refractivity contribution in [2.24, 2.45) is 5.73 Å². The van der Waals surface area contributed by atoms with E-state index in [9.17, 15) is 0 Å². The molecule has 0 radical (unpaired) electrons. The van der Waals surface area contributed by atoms with Crippen LogP contribution in [0.3, 0.4) is 0 Å². The minimum absolute atomic E-state index is 0.622. The largest absolute Gasteiger partial charge is 0.461 e. The highest BCUT2D eigenvalue weighted by atomic mass is 16.3. The molecule has 0 amide bonds. The summed E-state index contributed by atoms with van der Waals surface area (Å²) < 4.78 is 6.89. The lowest BCUT2D eigenvalue weighted by Gasteiger charge is -1.99. The zero-order chi connectivity index (χ0) is 9.80. The van der Waals surface area contributed by atoms with Gasteiger partial charge >= 0.3 is 0 Å². The molecule has 0 aliphatic heterocycles. The normalized spacial score (nSPS) is 10.6. The minimum Gasteiger partial charge on any atom is -0.461 e. The van der Waals surface area contributed by atoms with Crippen LogP contribution in [0.1, 0.15) is 6.42 Å². The van der Waals surface area contributed by atoms with Gasteiger partial charge in [0.05, 0.1) is 6.26 Å². The second-order valence-corrected chi connectivity index (χ2v) is 2.85. The molecule has 2 aromatic rings. The number of rotatable bonds is 4. The van der Waals surface area contributed by atoms with E-state index in [1.165, 1.54) is 0 Å². The van der Waals surface area contributed by atoms with Crippen LogP contribution in [-0.4, -0.2) is 26.8 Å². The number of tetrazole rings is 1. The molecule has 0 aromatic carbocycles. The van der Waals surface area contributed by atoms with Crippen LogP contribution in [0.5, 0.6) is 0 Å². The van der Waals surface area contributed by atoms with Crippen molar-refractivity contribution >= 4 is 0 Å². The fourth-order valence-electron chi connectivity index (χ4n) is 1.18. The smallest absolute Gasteiger partial charge is 0.217 e. The average Bonchev–Trinajstić information content (AvgIpc) is 2.84. The molecule has 0 atom stereocenters. The van der Waals surface area contributed by atoms with Gasteiger partial charge in [0.2, 0.25) is 5.82 Å². The molecule has 0 bridgehead atoms. The topological polar surface area (TPSA) is 82.8 Å². The van der Waals surface area contributed by atoms with Crippen LogP contribution in [0.4, 0.5) is 0 Å². The number of aryl methyl sites for hydroxylation is 1. The first kappa shape index (κ1) is 8.89. The van der Waals surface area contributed by atoms with Crippen molar-refractivity contribution in [2.45, 2.75) is 13.0 Å². The Morgan fingerprint density at radius 1 is 1.50 bits per heavy atom. The molecule has 0 spiro atoms. The van der Waals surface area contributed by atoms with Crippen molar-refractivity contribution in [1.82, 2.24) is 20.2 Å². The van der Waals surface area contributed by atoms with E-state index in [4.69, 9.17) is 10.2 Å². The van der Waals surface area contributed by atoms with Gasteiger partial charge in [0.1, 0.15) is 0 Å². The second-order valence-electron chi connectivity index (χ2n) is 2.85. The number of nitrogens with two attached hydrogens (primary N) is 1. The van der Waals surface area contributed by atoms with E-state index < -0.39 is 0 Å². The highest BCUT2D eigenvalue weighted by molar-refractivity contribution is 5.44. The zero-order valence-corrected chi connectivity index (χ0v) is 7.63. The molecule has 2 rings (SSSR count). The first-order chi connectivity index (χ1) is 6.92. The van der Waals surface area contributed by atoms with Crippen LogP contribution >= 0.6 is 0 Å². The highest BCUT2D eigenvalue weighted by Gasteiger charge is 2.10. The highest BCUT2D eigenvalue weighted by Crippen LogP contribution is 2.15. The first-order valence-corrected chi connectivity index (χ1v) is 4.42. The van der Waals surface area contributed by atoms with E-state index in [1.54, 1.807) is 17.0 Å². The molecule has 0 fully saturated rings. The lowest BCUT2D eigenvalue weighted by Crippen LogP contribution is -2.08. The summed E-state index contributed by atoms with van der Waals surface area (Å²) in [5.74, 6) is 1.32. The summed E-state index contributed by atoms with van der Waals surface area (Å²) in [4.78, 5) is 0. The molecule has 0 unspecified atom stereocenters. The van der Waals surface area contributed by atoms with Crippen LogP contribution in [0.15, 0.2) is 22.8 Å². The standard InChI is InChI=1S/C8H11N5O/c9-4-2-5-13-8(10-11-12-13)7-3-1-6-14-7/h1,3,6H,2,4-5,9H2. The van der Waals surface area contributed by atoms with Crippen LogP contribution < -0.4 is 5.73 Å². The van der Waals surface area contributed by atoms with Gasteiger partial charge in [-0.2, -0.15) is 0 Å². The van der Waals surface area contributed by atoms with Gasteiger partial charge < -0.3 is 10.2 Å².